The highest BCUT2D eigenvalue weighted by atomic mass is 35.5. The molecule has 0 fully saturated rings. The molecule has 8 heteroatoms. The topological polar surface area (TPSA) is 85.9 Å². The van der Waals surface area contributed by atoms with E-state index in [1.807, 2.05) is 36.4 Å². The number of aryl methyl sites for hydroxylation is 1. The number of carbonyl (C=O) groups excluding carboxylic acids is 1. The quantitative estimate of drug-likeness (QED) is 0.460. The van der Waals surface area contributed by atoms with E-state index in [0.29, 0.717) is 52.9 Å². The zero-order valence-corrected chi connectivity index (χ0v) is 21.5. The van der Waals surface area contributed by atoms with E-state index in [1.54, 1.807) is 33.5 Å². The minimum Gasteiger partial charge on any atom is -0.493 e. The molecular weight excluding hydrogens is 480 g/mol. The monoisotopic (exact) mass is 508 g/mol. The molecule has 36 heavy (non-hydrogen) atoms. The van der Waals surface area contributed by atoms with Gasteiger partial charge in [-0.2, -0.15) is 0 Å². The Bertz CT molecular complexity index is 1360. The largest absolute Gasteiger partial charge is 0.493 e. The van der Waals surface area contributed by atoms with Crippen LogP contribution in [0.5, 0.6) is 17.2 Å². The molecule has 4 rings (SSSR count). The van der Waals surface area contributed by atoms with Crippen molar-refractivity contribution >= 4 is 23.2 Å². The number of halogens is 1. The van der Waals surface area contributed by atoms with Gasteiger partial charge < -0.3 is 24.8 Å². The van der Waals surface area contributed by atoms with Crippen molar-refractivity contribution in [3.8, 4) is 28.4 Å². The van der Waals surface area contributed by atoms with Crippen molar-refractivity contribution in [1.29, 1.82) is 0 Å². The molecule has 0 heterocycles. The summed E-state index contributed by atoms with van der Waals surface area (Å²) < 4.78 is 17.0. The third-order valence-corrected chi connectivity index (χ3v) is 6.71. The molecule has 1 aliphatic rings. The van der Waals surface area contributed by atoms with Crippen LogP contribution in [0.1, 0.15) is 36.1 Å². The Morgan fingerprint density at radius 3 is 2.44 bits per heavy atom. The first-order valence-corrected chi connectivity index (χ1v) is 12.0. The normalized spacial score (nSPS) is 14.1. The molecule has 7 nitrogen and oxygen atoms in total. The summed E-state index contributed by atoms with van der Waals surface area (Å²) >= 11 is 6.29. The number of fused-ring (bicyclic) bond motifs is 3. The Kier molecular flexibility index (Phi) is 7.70. The standard InChI is InChI=1S/C28H29ClN2O5/c1-16(32)31-22-11-9-17-13-25(34-2)27(35-3)28(36-4)26(17)19-10-12-23(24(33)14-20(19)22)30-15-18-7-5-6-8-21(18)29/h5-8,10,12-14,22H,9,11,15H2,1-4H3,(H,30,33)(H,31,32)/t22-/m0/s1. The number of amides is 1. The van der Waals surface area contributed by atoms with Gasteiger partial charge in [-0.25, -0.2) is 0 Å². The molecule has 0 unspecified atom stereocenters. The summed E-state index contributed by atoms with van der Waals surface area (Å²) in [6.45, 7) is 1.87. The van der Waals surface area contributed by atoms with Crippen LogP contribution in [0.3, 0.4) is 0 Å². The first-order valence-electron chi connectivity index (χ1n) is 11.6. The Hall–Kier alpha value is -3.71. The maximum absolute atomic E-state index is 13.3. The fourth-order valence-corrected chi connectivity index (χ4v) is 4.89. The van der Waals surface area contributed by atoms with Gasteiger partial charge in [0.1, 0.15) is 0 Å². The maximum atomic E-state index is 13.3. The lowest BCUT2D eigenvalue weighted by Crippen LogP contribution is -2.26. The third-order valence-electron chi connectivity index (χ3n) is 6.34. The molecule has 3 aromatic rings. The van der Waals surface area contributed by atoms with Gasteiger partial charge in [0.25, 0.3) is 0 Å². The summed E-state index contributed by atoms with van der Waals surface area (Å²) in [4.78, 5) is 25.4. The van der Waals surface area contributed by atoms with E-state index in [-0.39, 0.29) is 17.4 Å². The predicted octanol–water partition coefficient (Wildman–Crippen LogP) is 5.13. The van der Waals surface area contributed by atoms with E-state index in [9.17, 15) is 9.59 Å². The molecule has 0 spiro atoms. The van der Waals surface area contributed by atoms with Crippen molar-refractivity contribution in [2.24, 2.45) is 0 Å². The maximum Gasteiger partial charge on any atom is 0.217 e. The van der Waals surface area contributed by atoms with E-state index in [1.165, 1.54) is 6.92 Å². The first-order chi connectivity index (χ1) is 17.4. The molecule has 3 aromatic carbocycles. The fraction of sp³-hybridized carbons (Fsp3) is 0.286. The molecule has 0 saturated heterocycles. The molecule has 0 radical (unpaired) electrons. The number of benzene rings is 2. The number of ether oxygens (including phenoxy) is 3. The fourth-order valence-electron chi connectivity index (χ4n) is 4.69. The number of hydrogen-bond donors (Lipinski definition) is 2. The van der Waals surface area contributed by atoms with Crippen LogP contribution in [-0.2, 0) is 17.8 Å². The molecule has 0 aromatic heterocycles. The number of rotatable bonds is 7. The Balaban J connectivity index is 1.91. The second kappa shape index (κ2) is 10.9. The van der Waals surface area contributed by atoms with Gasteiger partial charge in [0.2, 0.25) is 17.1 Å². The number of hydrogen-bond acceptors (Lipinski definition) is 6. The Labute approximate surface area is 215 Å². The summed E-state index contributed by atoms with van der Waals surface area (Å²) in [6.07, 6.45) is 1.24. The minimum absolute atomic E-state index is 0.171. The molecule has 1 atom stereocenters. The lowest BCUT2D eigenvalue weighted by molar-refractivity contribution is -0.119. The molecule has 0 bridgehead atoms. The van der Waals surface area contributed by atoms with Gasteiger partial charge in [0.15, 0.2) is 11.5 Å². The van der Waals surface area contributed by atoms with E-state index in [2.05, 4.69) is 10.6 Å². The number of methoxy groups -OCH3 is 3. The summed E-state index contributed by atoms with van der Waals surface area (Å²) in [5.41, 5.74) is 4.39. The van der Waals surface area contributed by atoms with Crippen LogP contribution in [0.25, 0.3) is 11.1 Å². The number of nitrogens with one attached hydrogen (secondary N) is 2. The zero-order chi connectivity index (χ0) is 25.8. The van der Waals surface area contributed by atoms with Crippen LogP contribution in [0, 0.1) is 0 Å². The average molecular weight is 509 g/mol. The second-order valence-electron chi connectivity index (χ2n) is 8.54. The van der Waals surface area contributed by atoms with Crippen LogP contribution in [-0.4, -0.2) is 27.2 Å². The lowest BCUT2D eigenvalue weighted by atomic mass is 9.95. The van der Waals surface area contributed by atoms with Gasteiger partial charge in [0, 0.05) is 24.1 Å². The molecule has 0 aliphatic heterocycles. The lowest BCUT2D eigenvalue weighted by Gasteiger charge is -2.19. The highest BCUT2D eigenvalue weighted by Crippen LogP contribution is 2.50. The van der Waals surface area contributed by atoms with Crippen molar-refractivity contribution in [2.75, 3.05) is 26.6 Å². The van der Waals surface area contributed by atoms with Gasteiger partial charge in [-0.05, 0) is 59.4 Å². The molecule has 188 valence electrons. The van der Waals surface area contributed by atoms with E-state index in [0.717, 1.165) is 22.3 Å². The van der Waals surface area contributed by atoms with Crippen molar-refractivity contribution in [2.45, 2.75) is 32.4 Å². The van der Waals surface area contributed by atoms with Crippen LogP contribution < -0.4 is 30.3 Å². The second-order valence-corrected chi connectivity index (χ2v) is 8.95. The van der Waals surface area contributed by atoms with Gasteiger partial charge >= 0.3 is 0 Å². The van der Waals surface area contributed by atoms with Crippen molar-refractivity contribution in [1.82, 2.24) is 5.32 Å². The summed E-state index contributed by atoms with van der Waals surface area (Å²) in [5, 5.41) is 6.86. The van der Waals surface area contributed by atoms with Crippen molar-refractivity contribution in [3.05, 3.63) is 80.5 Å². The van der Waals surface area contributed by atoms with E-state index >= 15 is 0 Å². The smallest absolute Gasteiger partial charge is 0.217 e. The SMILES string of the molecule is COc1cc2c(c(OC)c1OC)-c1ccc(NCc3ccccc3Cl)c(=O)cc1[C@@H](NC(C)=O)CC2. The Morgan fingerprint density at radius 1 is 1.03 bits per heavy atom. The Morgan fingerprint density at radius 2 is 1.78 bits per heavy atom. The van der Waals surface area contributed by atoms with Crippen LogP contribution >= 0.6 is 11.6 Å². The summed E-state index contributed by atoms with van der Waals surface area (Å²) in [7, 11) is 4.71. The van der Waals surface area contributed by atoms with Gasteiger partial charge in [-0.1, -0.05) is 35.9 Å². The van der Waals surface area contributed by atoms with Gasteiger partial charge in [-0.3, -0.25) is 9.59 Å². The van der Waals surface area contributed by atoms with Crippen LogP contribution in [0.15, 0.2) is 53.3 Å². The zero-order valence-electron chi connectivity index (χ0n) is 20.7. The molecule has 1 amide bonds. The predicted molar refractivity (Wildman–Crippen MR) is 141 cm³/mol. The van der Waals surface area contributed by atoms with Gasteiger partial charge in [0.05, 0.1) is 33.1 Å². The summed E-state index contributed by atoms with van der Waals surface area (Å²) in [6, 6.07) is 14.3. The molecular formula is C28H29ClN2O5. The summed E-state index contributed by atoms with van der Waals surface area (Å²) in [5.74, 6) is 1.36. The van der Waals surface area contributed by atoms with Crippen LogP contribution in [0.2, 0.25) is 5.02 Å². The number of anilines is 1. The first kappa shape index (κ1) is 25.4. The average Bonchev–Trinajstić information content (AvgIpc) is 3.11. The van der Waals surface area contributed by atoms with Crippen molar-refractivity contribution < 1.29 is 19.0 Å². The van der Waals surface area contributed by atoms with E-state index in [4.69, 9.17) is 25.8 Å². The number of carbonyl (C=O) groups is 1. The van der Waals surface area contributed by atoms with Gasteiger partial charge in [-0.15, -0.1) is 0 Å². The highest BCUT2D eigenvalue weighted by molar-refractivity contribution is 6.31. The minimum atomic E-state index is -0.358. The molecule has 1 aliphatic carbocycles. The van der Waals surface area contributed by atoms with E-state index < -0.39 is 0 Å². The molecule has 0 saturated carbocycles. The highest BCUT2D eigenvalue weighted by Gasteiger charge is 2.29. The third kappa shape index (κ3) is 4.97. The van der Waals surface area contributed by atoms with Crippen LogP contribution in [0.4, 0.5) is 5.69 Å². The molecule has 2 N–H and O–H groups in total. The van der Waals surface area contributed by atoms with Crippen molar-refractivity contribution in [3.63, 3.8) is 0 Å².